The van der Waals surface area contributed by atoms with Gasteiger partial charge in [-0.15, -0.1) is 0 Å². The third-order valence-electron chi connectivity index (χ3n) is 6.59. The van der Waals surface area contributed by atoms with Crippen molar-refractivity contribution < 1.29 is 9.13 Å². The molecule has 6 heteroatoms. The van der Waals surface area contributed by atoms with E-state index < -0.39 is 0 Å². The van der Waals surface area contributed by atoms with Crippen LogP contribution in [-0.2, 0) is 13.1 Å². The number of hydrogen-bond acceptors (Lipinski definition) is 4. The summed E-state index contributed by atoms with van der Waals surface area (Å²) < 4.78 is 21.0. The number of piperidine rings is 1. The molecule has 1 N–H and O–H groups in total. The number of hydrogen-bond donors (Lipinski definition) is 1. The number of nitrogens with one attached hydrogen (secondary N) is 1. The highest BCUT2D eigenvalue weighted by Crippen LogP contribution is 2.22. The predicted molar refractivity (Wildman–Crippen MR) is 127 cm³/mol. The van der Waals surface area contributed by atoms with Crippen LogP contribution in [0.25, 0.3) is 10.9 Å². The standard InChI is InChI=1S/C26H32FN3O2/c1-18-4-5-20(15-24(18)27)17-28-21-8-10-29(11-9-21)12-13-30-25-16-22(32-3)6-7-23(25)19(2)14-26(30)31/h4-7,14-16,21,28H,8-13,17H2,1-3H3. The molecule has 1 aromatic heterocycles. The van der Waals surface area contributed by atoms with E-state index in [2.05, 4.69) is 10.2 Å². The van der Waals surface area contributed by atoms with Crippen LogP contribution in [0.2, 0.25) is 0 Å². The fourth-order valence-electron chi connectivity index (χ4n) is 4.50. The number of benzene rings is 2. The minimum absolute atomic E-state index is 0.0325. The molecule has 2 heterocycles. The minimum Gasteiger partial charge on any atom is -0.497 e. The van der Waals surface area contributed by atoms with Crippen molar-refractivity contribution in [3.63, 3.8) is 0 Å². The molecule has 1 aliphatic heterocycles. The van der Waals surface area contributed by atoms with Gasteiger partial charge in [0.1, 0.15) is 11.6 Å². The van der Waals surface area contributed by atoms with Crippen LogP contribution >= 0.6 is 0 Å². The fourth-order valence-corrected chi connectivity index (χ4v) is 4.50. The topological polar surface area (TPSA) is 46.5 Å². The van der Waals surface area contributed by atoms with Gasteiger partial charge in [-0.3, -0.25) is 4.79 Å². The van der Waals surface area contributed by atoms with E-state index in [-0.39, 0.29) is 11.4 Å². The fraction of sp³-hybridized carbons (Fsp3) is 0.423. The number of halogens is 1. The Hall–Kier alpha value is -2.70. The summed E-state index contributed by atoms with van der Waals surface area (Å²) in [6.45, 7) is 7.92. The maximum absolute atomic E-state index is 13.7. The lowest BCUT2D eigenvalue weighted by Gasteiger charge is -2.32. The Morgan fingerprint density at radius 2 is 1.81 bits per heavy atom. The highest BCUT2D eigenvalue weighted by Gasteiger charge is 2.19. The molecular weight excluding hydrogens is 405 g/mol. The molecule has 3 aromatic rings. The maximum Gasteiger partial charge on any atom is 0.251 e. The first-order valence-corrected chi connectivity index (χ1v) is 11.3. The molecule has 0 radical (unpaired) electrons. The summed E-state index contributed by atoms with van der Waals surface area (Å²) in [6, 6.07) is 13.5. The van der Waals surface area contributed by atoms with Crippen LogP contribution in [0, 0.1) is 19.7 Å². The number of aromatic nitrogens is 1. The Morgan fingerprint density at radius 1 is 1.03 bits per heavy atom. The van der Waals surface area contributed by atoms with E-state index in [1.165, 1.54) is 0 Å². The van der Waals surface area contributed by atoms with Crippen molar-refractivity contribution >= 4 is 10.9 Å². The number of ether oxygens (including phenoxy) is 1. The van der Waals surface area contributed by atoms with Gasteiger partial charge in [0.2, 0.25) is 0 Å². The Labute approximate surface area is 188 Å². The van der Waals surface area contributed by atoms with Gasteiger partial charge < -0.3 is 19.5 Å². The third kappa shape index (κ3) is 5.03. The zero-order chi connectivity index (χ0) is 22.7. The van der Waals surface area contributed by atoms with E-state index in [4.69, 9.17) is 4.74 Å². The second-order valence-corrected chi connectivity index (χ2v) is 8.78. The lowest BCUT2D eigenvalue weighted by molar-refractivity contribution is 0.191. The molecule has 0 amide bonds. The van der Waals surface area contributed by atoms with Gasteiger partial charge in [-0.2, -0.15) is 0 Å². The molecule has 0 spiro atoms. The molecule has 32 heavy (non-hydrogen) atoms. The molecule has 4 rings (SSSR count). The van der Waals surface area contributed by atoms with Crippen LogP contribution < -0.4 is 15.6 Å². The summed E-state index contributed by atoms with van der Waals surface area (Å²) in [5.74, 6) is 0.618. The Balaban J connectivity index is 1.33. The van der Waals surface area contributed by atoms with Crippen LogP contribution in [0.5, 0.6) is 5.75 Å². The van der Waals surface area contributed by atoms with Gasteiger partial charge in [0.25, 0.3) is 5.56 Å². The van der Waals surface area contributed by atoms with Crippen molar-refractivity contribution in [2.45, 2.75) is 45.8 Å². The molecule has 0 atom stereocenters. The van der Waals surface area contributed by atoms with E-state index in [0.717, 1.165) is 60.3 Å². The molecule has 0 unspecified atom stereocenters. The summed E-state index contributed by atoms with van der Waals surface area (Å²) >= 11 is 0. The van der Waals surface area contributed by atoms with Gasteiger partial charge in [-0.05, 0) is 74.7 Å². The highest BCUT2D eigenvalue weighted by molar-refractivity contribution is 5.83. The van der Waals surface area contributed by atoms with Gasteiger partial charge >= 0.3 is 0 Å². The van der Waals surface area contributed by atoms with Crippen molar-refractivity contribution in [3.05, 3.63) is 75.3 Å². The Kier molecular flexibility index (Phi) is 6.92. The average Bonchev–Trinajstić information content (AvgIpc) is 2.80. The van der Waals surface area contributed by atoms with Gasteiger partial charge in [-0.25, -0.2) is 4.39 Å². The summed E-state index contributed by atoms with van der Waals surface area (Å²) in [6.07, 6.45) is 2.09. The highest BCUT2D eigenvalue weighted by atomic mass is 19.1. The van der Waals surface area contributed by atoms with Gasteiger partial charge in [0.15, 0.2) is 0 Å². The van der Waals surface area contributed by atoms with Crippen molar-refractivity contribution in [2.24, 2.45) is 0 Å². The average molecular weight is 438 g/mol. The van der Waals surface area contributed by atoms with E-state index in [1.54, 1.807) is 26.2 Å². The first-order valence-electron chi connectivity index (χ1n) is 11.3. The number of methoxy groups -OCH3 is 1. The van der Waals surface area contributed by atoms with Crippen LogP contribution in [0.1, 0.15) is 29.5 Å². The van der Waals surface area contributed by atoms with Crippen LogP contribution in [0.3, 0.4) is 0 Å². The lowest BCUT2D eigenvalue weighted by atomic mass is 10.0. The zero-order valence-electron chi connectivity index (χ0n) is 19.2. The second kappa shape index (κ2) is 9.84. The molecule has 1 fully saturated rings. The minimum atomic E-state index is -0.143. The number of fused-ring (bicyclic) bond motifs is 1. The van der Waals surface area contributed by atoms with Gasteiger partial charge in [-0.1, -0.05) is 12.1 Å². The Bertz CT molecular complexity index is 1150. The molecule has 1 saturated heterocycles. The number of nitrogens with zero attached hydrogens (tertiary/aromatic N) is 2. The van der Waals surface area contributed by atoms with Crippen molar-refractivity contribution in [3.8, 4) is 5.75 Å². The maximum atomic E-state index is 13.7. The first kappa shape index (κ1) is 22.5. The Morgan fingerprint density at radius 3 is 2.53 bits per heavy atom. The molecular formula is C26H32FN3O2. The van der Waals surface area contributed by atoms with E-state index in [9.17, 15) is 9.18 Å². The monoisotopic (exact) mass is 437 g/mol. The largest absolute Gasteiger partial charge is 0.497 e. The summed E-state index contributed by atoms with van der Waals surface area (Å²) in [7, 11) is 1.65. The molecule has 0 saturated carbocycles. The first-order chi connectivity index (χ1) is 15.4. The van der Waals surface area contributed by atoms with Crippen LogP contribution in [-0.4, -0.2) is 42.3 Å². The quantitative estimate of drug-likeness (QED) is 0.607. The molecule has 0 bridgehead atoms. The van der Waals surface area contributed by atoms with Crippen molar-refractivity contribution in [1.29, 1.82) is 0 Å². The van der Waals surface area contributed by atoms with Crippen molar-refractivity contribution in [1.82, 2.24) is 14.8 Å². The number of likely N-dealkylation sites (tertiary alicyclic amines) is 1. The molecule has 1 aliphatic rings. The van der Waals surface area contributed by atoms with Gasteiger partial charge in [0.05, 0.1) is 12.6 Å². The summed E-state index contributed by atoms with van der Waals surface area (Å²) in [4.78, 5) is 15.1. The zero-order valence-corrected chi connectivity index (χ0v) is 19.2. The molecule has 5 nitrogen and oxygen atoms in total. The van der Waals surface area contributed by atoms with E-state index in [0.29, 0.717) is 24.7 Å². The number of rotatable bonds is 7. The van der Waals surface area contributed by atoms with Crippen LogP contribution in [0.15, 0.2) is 47.3 Å². The smallest absolute Gasteiger partial charge is 0.251 e. The third-order valence-corrected chi connectivity index (χ3v) is 6.59. The molecule has 2 aromatic carbocycles. The van der Waals surface area contributed by atoms with E-state index in [1.807, 2.05) is 41.8 Å². The summed E-state index contributed by atoms with van der Waals surface area (Å²) in [5, 5.41) is 4.65. The summed E-state index contributed by atoms with van der Waals surface area (Å²) in [5.41, 5.74) is 3.61. The second-order valence-electron chi connectivity index (χ2n) is 8.78. The van der Waals surface area contributed by atoms with Crippen molar-refractivity contribution in [2.75, 3.05) is 26.7 Å². The lowest BCUT2D eigenvalue weighted by Crippen LogP contribution is -2.43. The SMILES string of the molecule is COc1ccc2c(C)cc(=O)n(CCN3CCC(NCc4ccc(C)c(F)c4)CC3)c2c1. The van der Waals surface area contributed by atoms with Crippen LogP contribution in [0.4, 0.5) is 4.39 Å². The normalized spacial score (nSPS) is 15.4. The molecule has 0 aliphatic carbocycles. The van der Waals surface area contributed by atoms with Gasteiger partial charge in [0, 0.05) is 43.2 Å². The van der Waals surface area contributed by atoms with E-state index >= 15 is 0 Å². The predicted octanol–water partition coefficient (Wildman–Crippen LogP) is 4.02. The molecule has 170 valence electrons. The number of aryl methyl sites for hydroxylation is 2. The number of pyridine rings is 1.